The van der Waals surface area contributed by atoms with E-state index in [1.54, 1.807) is 6.08 Å². The van der Waals surface area contributed by atoms with Crippen LogP contribution in [0.4, 0.5) is 0 Å². The van der Waals surface area contributed by atoms with Gasteiger partial charge >= 0.3 is 5.97 Å². The number of carboxylic acids is 1. The SMILES string of the molecule is C=CCCOCCNC(=O)COCC(=O)O. The van der Waals surface area contributed by atoms with Gasteiger partial charge in [-0.2, -0.15) is 0 Å². The summed E-state index contributed by atoms with van der Waals surface area (Å²) in [4.78, 5) is 21.1. The van der Waals surface area contributed by atoms with Crippen LogP contribution in [0.3, 0.4) is 0 Å². The van der Waals surface area contributed by atoms with Gasteiger partial charge in [-0.3, -0.25) is 4.79 Å². The van der Waals surface area contributed by atoms with Crippen LogP contribution in [0.2, 0.25) is 0 Å². The van der Waals surface area contributed by atoms with E-state index < -0.39 is 12.6 Å². The van der Waals surface area contributed by atoms with Crippen molar-refractivity contribution in [1.82, 2.24) is 5.32 Å². The number of hydrogen-bond acceptors (Lipinski definition) is 4. The molecule has 0 saturated heterocycles. The molecule has 2 N–H and O–H groups in total. The van der Waals surface area contributed by atoms with Gasteiger partial charge in [-0.15, -0.1) is 6.58 Å². The van der Waals surface area contributed by atoms with E-state index in [4.69, 9.17) is 9.84 Å². The highest BCUT2D eigenvalue weighted by atomic mass is 16.5. The van der Waals surface area contributed by atoms with Gasteiger partial charge in [0.2, 0.25) is 5.91 Å². The van der Waals surface area contributed by atoms with Crippen LogP contribution < -0.4 is 5.32 Å². The highest BCUT2D eigenvalue weighted by molar-refractivity contribution is 5.77. The molecule has 0 aromatic heterocycles. The van der Waals surface area contributed by atoms with Gasteiger partial charge in [0, 0.05) is 6.54 Å². The number of nitrogens with one attached hydrogen (secondary N) is 1. The van der Waals surface area contributed by atoms with E-state index in [2.05, 4.69) is 16.6 Å². The van der Waals surface area contributed by atoms with E-state index in [9.17, 15) is 9.59 Å². The van der Waals surface area contributed by atoms with Crippen LogP contribution >= 0.6 is 0 Å². The zero-order valence-corrected chi connectivity index (χ0v) is 9.11. The zero-order chi connectivity index (χ0) is 12.2. The van der Waals surface area contributed by atoms with Gasteiger partial charge in [0.25, 0.3) is 0 Å². The summed E-state index contributed by atoms with van der Waals surface area (Å²) in [6.07, 6.45) is 2.52. The summed E-state index contributed by atoms with van der Waals surface area (Å²) >= 11 is 0. The number of carbonyl (C=O) groups is 2. The Morgan fingerprint density at radius 3 is 2.62 bits per heavy atom. The smallest absolute Gasteiger partial charge is 0.329 e. The third-order valence-corrected chi connectivity index (χ3v) is 1.49. The number of amides is 1. The average molecular weight is 231 g/mol. The molecule has 0 bridgehead atoms. The number of hydrogen-bond donors (Lipinski definition) is 2. The number of carbonyl (C=O) groups excluding carboxylic acids is 1. The standard InChI is InChI=1S/C10H17NO5/c1-2-3-5-15-6-4-11-9(12)7-16-8-10(13)14/h2H,1,3-8H2,(H,11,12)(H,13,14). The molecule has 0 radical (unpaired) electrons. The van der Waals surface area contributed by atoms with Crippen molar-refractivity contribution in [2.45, 2.75) is 6.42 Å². The highest BCUT2D eigenvalue weighted by Gasteiger charge is 2.02. The molecule has 0 aromatic rings. The molecule has 0 fully saturated rings. The second-order valence-electron chi connectivity index (χ2n) is 2.93. The molecule has 0 saturated carbocycles. The molecule has 0 aliphatic rings. The quantitative estimate of drug-likeness (QED) is 0.401. The Hall–Kier alpha value is -1.40. The minimum atomic E-state index is -1.10. The van der Waals surface area contributed by atoms with Crippen molar-refractivity contribution in [2.24, 2.45) is 0 Å². The van der Waals surface area contributed by atoms with Crippen molar-refractivity contribution in [1.29, 1.82) is 0 Å². The van der Waals surface area contributed by atoms with E-state index in [1.165, 1.54) is 0 Å². The van der Waals surface area contributed by atoms with Gasteiger partial charge in [0.1, 0.15) is 13.2 Å². The third-order valence-electron chi connectivity index (χ3n) is 1.49. The van der Waals surface area contributed by atoms with Crippen molar-refractivity contribution in [3.63, 3.8) is 0 Å². The van der Waals surface area contributed by atoms with Gasteiger partial charge < -0.3 is 19.9 Å². The molecular weight excluding hydrogens is 214 g/mol. The van der Waals surface area contributed by atoms with Crippen LogP contribution in [0, 0.1) is 0 Å². The van der Waals surface area contributed by atoms with Crippen molar-refractivity contribution in [3.8, 4) is 0 Å². The Bertz CT molecular complexity index is 229. The lowest BCUT2D eigenvalue weighted by atomic mass is 10.4. The monoisotopic (exact) mass is 231 g/mol. The molecule has 0 heterocycles. The number of carboxylic acid groups (broad SMARTS) is 1. The molecule has 0 aliphatic carbocycles. The maximum absolute atomic E-state index is 11.0. The third kappa shape index (κ3) is 10.7. The topological polar surface area (TPSA) is 84.9 Å². The lowest BCUT2D eigenvalue weighted by molar-refractivity contribution is -0.143. The predicted molar refractivity (Wildman–Crippen MR) is 57.1 cm³/mol. The first-order valence-corrected chi connectivity index (χ1v) is 4.91. The largest absolute Gasteiger partial charge is 0.480 e. The zero-order valence-electron chi connectivity index (χ0n) is 9.11. The fraction of sp³-hybridized carbons (Fsp3) is 0.600. The summed E-state index contributed by atoms with van der Waals surface area (Å²) in [6, 6.07) is 0. The van der Waals surface area contributed by atoms with E-state index in [1.807, 2.05) is 0 Å². The molecule has 1 amide bonds. The second-order valence-corrected chi connectivity index (χ2v) is 2.93. The van der Waals surface area contributed by atoms with Crippen molar-refractivity contribution in [3.05, 3.63) is 12.7 Å². The molecule has 6 nitrogen and oxygen atoms in total. The Kier molecular flexibility index (Phi) is 9.24. The number of aliphatic carboxylic acids is 1. The first-order valence-electron chi connectivity index (χ1n) is 4.91. The van der Waals surface area contributed by atoms with Crippen LogP contribution in [-0.2, 0) is 19.1 Å². The first kappa shape index (κ1) is 14.6. The molecule has 6 heteroatoms. The van der Waals surface area contributed by atoms with Crippen molar-refractivity contribution in [2.75, 3.05) is 33.0 Å². The molecule has 0 aromatic carbocycles. The van der Waals surface area contributed by atoms with Crippen LogP contribution in [0.15, 0.2) is 12.7 Å². The molecule has 0 rings (SSSR count). The van der Waals surface area contributed by atoms with Crippen molar-refractivity contribution < 1.29 is 24.2 Å². The van der Waals surface area contributed by atoms with E-state index in [0.717, 1.165) is 6.42 Å². The summed E-state index contributed by atoms with van der Waals surface area (Å²) in [6.45, 7) is 4.20. The fourth-order valence-electron chi connectivity index (χ4n) is 0.813. The fourth-order valence-corrected chi connectivity index (χ4v) is 0.813. The Morgan fingerprint density at radius 1 is 1.25 bits per heavy atom. The summed E-state index contributed by atoms with van der Waals surface area (Å²) in [5.74, 6) is -1.45. The summed E-state index contributed by atoms with van der Waals surface area (Å²) in [5.41, 5.74) is 0. The van der Waals surface area contributed by atoms with Crippen LogP contribution in [0.5, 0.6) is 0 Å². The summed E-state index contributed by atoms with van der Waals surface area (Å²) in [5, 5.41) is 10.8. The highest BCUT2D eigenvalue weighted by Crippen LogP contribution is 1.82. The van der Waals surface area contributed by atoms with Gasteiger partial charge in [0.15, 0.2) is 0 Å². The van der Waals surface area contributed by atoms with Gasteiger partial charge in [0.05, 0.1) is 13.2 Å². The number of ether oxygens (including phenoxy) is 2. The minimum absolute atomic E-state index is 0.251. The molecule has 92 valence electrons. The Labute approximate surface area is 94.2 Å². The maximum Gasteiger partial charge on any atom is 0.329 e. The summed E-state index contributed by atoms with van der Waals surface area (Å²) in [7, 11) is 0. The Morgan fingerprint density at radius 2 is 2.00 bits per heavy atom. The first-order chi connectivity index (χ1) is 7.66. The molecule has 0 atom stereocenters. The predicted octanol–water partition coefficient (Wildman–Crippen LogP) is -0.203. The summed E-state index contributed by atoms with van der Waals surface area (Å²) < 4.78 is 9.73. The minimum Gasteiger partial charge on any atom is -0.480 e. The molecule has 0 unspecified atom stereocenters. The molecule has 0 aliphatic heterocycles. The normalized spacial score (nSPS) is 9.75. The molecule has 16 heavy (non-hydrogen) atoms. The maximum atomic E-state index is 11.0. The average Bonchev–Trinajstić information content (AvgIpc) is 2.22. The Balaban J connectivity index is 3.23. The number of rotatable bonds is 10. The van der Waals surface area contributed by atoms with Gasteiger partial charge in [-0.1, -0.05) is 6.08 Å². The lowest BCUT2D eigenvalue weighted by Crippen LogP contribution is -2.31. The lowest BCUT2D eigenvalue weighted by Gasteiger charge is -2.05. The van der Waals surface area contributed by atoms with E-state index in [-0.39, 0.29) is 12.5 Å². The molecular formula is C10H17NO5. The second kappa shape index (κ2) is 10.1. The van der Waals surface area contributed by atoms with Gasteiger partial charge in [-0.25, -0.2) is 4.79 Å². The van der Waals surface area contributed by atoms with Crippen molar-refractivity contribution >= 4 is 11.9 Å². The van der Waals surface area contributed by atoms with E-state index >= 15 is 0 Å². The van der Waals surface area contributed by atoms with Crippen LogP contribution in [0.25, 0.3) is 0 Å². The van der Waals surface area contributed by atoms with Crippen LogP contribution in [-0.4, -0.2) is 50.0 Å². The van der Waals surface area contributed by atoms with E-state index in [0.29, 0.717) is 19.8 Å². The van der Waals surface area contributed by atoms with Gasteiger partial charge in [-0.05, 0) is 6.42 Å². The van der Waals surface area contributed by atoms with Crippen LogP contribution in [0.1, 0.15) is 6.42 Å². The molecule has 0 spiro atoms.